The summed E-state index contributed by atoms with van der Waals surface area (Å²) in [7, 11) is 0. The molecule has 1 aromatic rings. The molecule has 0 amide bonds. The summed E-state index contributed by atoms with van der Waals surface area (Å²) in [6, 6.07) is 9.41. The molecular weight excluding hydrogens is 228 g/mol. The Morgan fingerprint density at radius 1 is 1.00 bits per heavy atom. The number of ether oxygens (including phenoxy) is 2. The van der Waals surface area contributed by atoms with E-state index in [1.165, 1.54) is 0 Å². The molecule has 0 aliphatic carbocycles. The molecule has 0 aromatic heterocycles. The highest BCUT2D eigenvalue weighted by molar-refractivity contribution is 5.39. The molecule has 1 aromatic carbocycles. The molecule has 0 aliphatic heterocycles. The van der Waals surface area contributed by atoms with Crippen molar-refractivity contribution in [3.8, 4) is 23.6 Å². The fourth-order valence-corrected chi connectivity index (χ4v) is 1.60. The maximum absolute atomic E-state index is 8.80. The Morgan fingerprint density at radius 2 is 1.50 bits per heavy atom. The third-order valence-electron chi connectivity index (χ3n) is 2.31. The van der Waals surface area contributed by atoms with E-state index in [4.69, 9.17) is 20.0 Å². The average Bonchev–Trinajstić information content (AvgIpc) is 2.36. The molecule has 0 spiro atoms. The number of nitrogens with zero attached hydrogens (tertiary/aromatic N) is 2. The van der Waals surface area contributed by atoms with Gasteiger partial charge in [0.15, 0.2) is 0 Å². The third kappa shape index (κ3) is 3.99. The van der Waals surface area contributed by atoms with Gasteiger partial charge < -0.3 is 9.47 Å². The minimum absolute atomic E-state index is 0.383. The van der Waals surface area contributed by atoms with E-state index in [2.05, 4.69) is 0 Å². The highest BCUT2D eigenvalue weighted by Crippen LogP contribution is 2.24. The Morgan fingerprint density at radius 3 is 1.89 bits per heavy atom. The SMILES string of the molecule is CCOc1cc(CC(C#N)C#N)cc(OCC)c1. The number of hydrogen-bond donors (Lipinski definition) is 0. The summed E-state index contributed by atoms with van der Waals surface area (Å²) in [5.41, 5.74) is 0.873. The van der Waals surface area contributed by atoms with Gasteiger partial charge in [0.05, 0.1) is 25.4 Å². The lowest BCUT2D eigenvalue weighted by atomic mass is 10.0. The largest absolute Gasteiger partial charge is 0.494 e. The highest BCUT2D eigenvalue weighted by Gasteiger charge is 2.09. The topological polar surface area (TPSA) is 66.0 Å². The van der Waals surface area contributed by atoms with Gasteiger partial charge in [-0.15, -0.1) is 0 Å². The van der Waals surface area contributed by atoms with Crippen LogP contribution in [0.25, 0.3) is 0 Å². The second-order valence-corrected chi connectivity index (χ2v) is 3.69. The first kappa shape index (κ1) is 13.9. The quantitative estimate of drug-likeness (QED) is 0.771. The summed E-state index contributed by atoms with van der Waals surface area (Å²) in [6.07, 6.45) is 0.383. The van der Waals surface area contributed by atoms with E-state index in [0.29, 0.717) is 31.1 Å². The molecule has 18 heavy (non-hydrogen) atoms. The third-order valence-corrected chi connectivity index (χ3v) is 2.31. The van der Waals surface area contributed by atoms with Crippen LogP contribution >= 0.6 is 0 Å². The Hall–Kier alpha value is -2.20. The molecule has 0 aliphatic rings. The second-order valence-electron chi connectivity index (χ2n) is 3.69. The molecule has 4 heteroatoms. The van der Waals surface area contributed by atoms with Crippen molar-refractivity contribution in [3.63, 3.8) is 0 Å². The van der Waals surface area contributed by atoms with Crippen molar-refractivity contribution in [2.75, 3.05) is 13.2 Å². The molecular formula is C14H16N2O2. The normalized spacial score (nSPS) is 9.61. The molecule has 0 heterocycles. The molecule has 0 radical (unpaired) electrons. The second kappa shape index (κ2) is 7.19. The van der Waals surface area contributed by atoms with Crippen LogP contribution in [0, 0.1) is 28.6 Å². The fourth-order valence-electron chi connectivity index (χ4n) is 1.60. The van der Waals surface area contributed by atoms with E-state index in [1.807, 2.05) is 44.2 Å². The van der Waals surface area contributed by atoms with Crippen LogP contribution in [0.5, 0.6) is 11.5 Å². The maximum Gasteiger partial charge on any atom is 0.137 e. The molecule has 94 valence electrons. The van der Waals surface area contributed by atoms with Gasteiger partial charge in [0, 0.05) is 12.5 Å². The number of hydrogen-bond acceptors (Lipinski definition) is 4. The van der Waals surface area contributed by atoms with Gasteiger partial charge in [0.1, 0.15) is 17.4 Å². The predicted octanol–water partition coefficient (Wildman–Crippen LogP) is 2.69. The van der Waals surface area contributed by atoms with Crippen LogP contribution in [0.15, 0.2) is 18.2 Å². The summed E-state index contributed by atoms with van der Waals surface area (Å²) < 4.78 is 10.9. The molecule has 0 N–H and O–H groups in total. The van der Waals surface area contributed by atoms with E-state index in [1.54, 1.807) is 0 Å². The Labute approximate surface area is 107 Å². The van der Waals surface area contributed by atoms with Gasteiger partial charge in [-0.2, -0.15) is 10.5 Å². The summed E-state index contributed by atoms with van der Waals surface area (Å²) in [5, 5.41) is 17.6. The van der Waals surface area contributed by atoms with Crippen LogP contribution in [0.3, 0.4) is 0 Å². The van der Waals surface area contributed by atoms with Gasteiger partial charge >= 0.3 is 0 Å². The van der Waals surface area contributed by atoms with E-state index >= 15 is 0 Å². The Bertz CT molecular complexity index is 433. The zero-order chi connectivity index (χ0) is 13.4. The van der Waals surface area contributed by atoms with Crippen LogP contribution in [0.1, 0.15) is 19.4 Å². The molecule has 0 saturated carbocycles. The van der Waals surface area contributed by atoms with Gasteiger partial charge in [-0.25, -0.2) is 0 Å². The monoisotopic (exact) mass is 244 g/mol. The minimum Gasteiger partial charge on any atom is -0.494 e. The average molecular weight is 244 g/mol. The number of rotatable bonds is 6. The van der Waals surface area contributed by atoms with Gasteiger partial charge in [0.25, 0.3) is 0 Å². The molecule has 4 nitrogen and oxygen atoms in total. The molecule has 0 bridgehead atoms. The fraction of sp³-hybridized carbons (Fsp3) is 0.429. The van der Waals surface area contributed by atoms with E-state index in [-0.39, 0.29) is 0 Å². The zero-order valence-corrected chi connectivity index (χ0v) is 10.6. The lowest BCUT2D eigenvalue weighted by Crippen LogP contribution is -2.01. The highest BCUT2D eigenvalue weighted by atomic mass is 16.5. The van der Waals surface area contributed by atoms with Crippen LogP contribution < -0.4 is 9.47 Å². The lowest BCUT2D eigenvalue weighted by Gasteiger charge is -2.10. The molecule has 0 fully saturated rings. The first-order chi connectivity index (χ1) is 8.73. The molecule has 0 atom stereocenters. The number of benzene rings is 1. The van der Waals surface area contributed by atoms with E-state index in [9.17, 15) is 0 Å². The van der Waals surface area contributed by atoms with E-state index in [0.717, 1.165) is 5.56 Å². The van der Waals surface area contributed by atoms with Gasteiger partial charge in [-0.1, -0.05) is 0 Å². The first-order valence-electron chi connectivity index (χ1n) is 5.92. The summed E-state index contributed by atoms with van der Waals surface area (Å²) in [4.78, 5) is 0. The zero-order valence-electron chi connectivity index (χ0n) is 10.6. The van der Waals surface area contributed by atoms with Crippen molar-refractivity contribution in [1.29, 1.82) is 10.5 Å². The van der Waals surface area contributed by atoms with Gasteiger partial charge in [0.2, 0.25) is 0 Å². The van der Waals surface area contributed by atoms with Crippen LogP contribution in [0.4, 0.5) is 0 Å². The standard InChI is InChI=1S/C14H16N2O2/c1-3-17-13-6-11(5-12(9-15)10-16)7-14(8-13)18-4-2/h6-8,12H,3-5H2,1-2H3. The Kier molecular flexibility index (Phi) is 5.54. The van der Waals surface area contributed by atoms with Gasteiger partial charge in [-0.05, 0) is 31.5 Å². The van der Waals surface area contributed by atoms with Gasteiger partial charge in [-0.3, -0.25) is 0 Å². The van der Waals surface area contributed by atoms with Crippen molar-refractivity contribution in [2.24, 2.45) is 5.92 Å². The van der Waals surface area contributed by atoms with Crippen LogP contribution in [-0.2, 0) is 6.42 Å². The molecule has 0 saturated heterocycles. The summed E-state index contributed by atoms with van der Waals surface area (Å²) in [5.74, 6) is 0.762. The lowest BCUT2D eigenvalue weighted by molar-refractivity contribution is 0.322. The van der Waals surface area contributed by atoms with Crippen molar-refractivity contribution < 1.29 is 9.47 Å². The van der Waals surface area contributed by atoms with Crippen molar-refractivity contribution >= 4 is 0 Å². The summed E-state index contributed by atoms with van der Waals surface area (Å²) >= 11 is 0. The predicted molar refractivity (Wildman–Crippen MR) is 67.2 cm³/mol. The van der Waals surface area contributed by atoms with Crippen molar-refractivity contribution in [1.82, 2.24) is 0 Å². The smallest absolute Gasteiger partial charge is 0.137 e. The first-order valence-corrected chi connectivity index (χ1v) is 5.92. The molecule has 1 rings (SSSR count). The maximum atomic E-state index is 8.80. The Balaban J connectivity index is 2.96. The van der Waals surface area contributed by atoms with Crippen molar-refractivity contribution in [3.05, 3.63) is 23.8 Å². The van der Waals surface area contributed by atoms with Crippen molar-refractivity contribution in [2.45, 2.75) is 20.3 Å². The van der Waals surface area contributed by atoms with Crippen LogP contribution in [-0.4, -0.2) is 13.2 Å². The van der Waals surface area contributed by atoms with Crippen LogP contribution in [0.2, 0.25) is 0 Å². The number of nitriles is 2. The van der Waals surface area contributed by atoms with E-state index < -0.39 is 5.92 Å². The minimum atomic E-state index is -0.642. The molecule has 0 unspecified atom stereocenters. The summed E-state index contributed by atoms with van der Waals surface area (Å²) in [6.45, 7) is 4.94.